The average molecular weight is 285 g/mol. The number of nitrogens with zero attached hydrogens (tertiary/aromatic N) is 2. The van der Waals surface area contributed by atoms with Crippen LogP contribution in [0.2, 0.25) is 0 Å². The van der Waals surface area contributed by atoms with Gasteiger partial charge < -0.3 is 10.2 Å². The zero-order valence-corrected chi connectivity index (χ0v) is 13.3. The van der Waals surface area contributed by atoms with Crippen molar-refractivity contribution in [2.45, 2.75) is 26.8 Å². The summed E-state index contributed by atoms with van der Waals surface area (Å²) in [6.45, 7) is 6.32. The third kappa shape index (κ3) is 2.99. The number of carbonyl (C=O) groups excluding carboxylic acids is 1. The summed E-state index contributed by atoms with van der Waals surface area (Å²) in [6, 6.07) is 9.76. The first-order valence-electron chi connectivity index (χ1n) is 7.30. The van der Waals surface area contributed by atoms with Gasteiger partial charge in [0.2, 0.25) is 0 Å². The molecule has 0 saturated heterocycles. The van der Waals surface area contributed by atoms with Crippen molar-refractivity contribution in [3.8, 4) is 0 Å². The smallest absolute Gasteiger partial charge is 0.254 e. The van der Waals surface area contributed by atoms with Crippen molar-refractivity contribution in [2.75, 3.05) is 19.4 Å². The van der Waals surface area contributed by atoms with Gasteiger partial charge in [0.05, 0.1) is 11.1 Å². The Morgan fingerprint density at radius 3 is 2.52 bits per heavy atom. The van der Waals surface area contributed by atoms with E-state index in [-0.39, 0.29) is 11.9 Å². The lowest BCUT2D eigenvalue weighted by molar-refractivity contribution is 0.0709. The largest absolute Gasteiger partial charge is 0.373 e. The number of nitrogens with one attached hydrogen (secondary N) is 1. The first-order valence-corrected chi connectivity index (χ1v) is 7.30. The average Bonchev–Trinajstić information content (AvgIpc) is 2.51. The molecular formula is C17H23N3O. The van der Waals surface area contributed by atoms with Crippen molar-refractivity contribution in [2.24, 2.45) is 5.92 Å². The van der Waals surface area contributed by atoms with Crippen LogP contribution in [0.15, 0.2) is 30.3 Å². The normalized spacial score (nSPS) is 12.5. The zero-order chi connectivity index (χ0) is 15.6. The highest BCUT2D eigenvalue weighted by Gasteiger charge is 2.22. The second-order valence-electron chi connectivity index (χ2n) is 5.72. The molecular weight excluding hydrogens is 262 g/mol. The molecule has 1 N–H and O–H groups in total. The van der Waals surface area contributed by atoms with Crippen molar-refractivity contribution < 1.29 is 4.79 Å². The third-order valence-electron chi connectivity index (χ3n) is 4.10. The van der Waals surface area contributed by atoms with Crippen LogP contribution in [0.25, 0.3) is 10.9 Å². The Morgan fingerprint density at radius 2 is 1.90 bits per heavy atom. The number of para-hydroxylation sites is 1. The molecule has 0 fully saturated rings. The highest BCUT2D eigenvalue weighted by atomic mass is 16.2. The zero-order valence-electron chi connectivity index (χ0n) is 13.3. The second-order valence-corrected chi connectivity index (χ2v) is 5.72. The minimum Gasteiger partial charge on any atom is -0.373 e. The predicted molar refractivity (Wildman–Crippen MR) is 87.7 cm³/mol. The highest BCUT2D eigenvalue weighted by Crippen LogP contribution is 2.23. The summed E-state index contributed by atoms with van der Waals surface area (Å²) in [5.41, 5.74) is 1.53. The molecule has 21 heavy (non-hydrogen) atoms. The Morgan fingerprint density at radius 1 is 1.24 bits per heavy atom. The van der Waals surface area contributed by atoms with E-state index >= 15 is 0 Å². The monoisotopic (exact) mass is 285 g/mol. The molecule has 0 bridgehead atoms. The number of rotatable bonds is 4. The fraction of sp³-hybridized carbons (Fsp3) is 0.412. The number of hydrogen-bond donors (Lipinski definition) is 1. The maximum Gasteiger partial charge on any atom is 0.254 e. The Hall–Kier alpha value is -2.10. The highest BCUT2D eigenvalue weighted by molar-refractivity contribution is 6.07. The van der Waals surface area contributed by atoms with E-state index in [1.54, 1.807) is 0 Å². The predicted octanol–water partition coefficient (Wildman–Crippen LogP) is 3.39. The molecule has 1 heterocycles. The molecule has 0 aliphatic heterocycles. The Bertz CT molecular complexity index is 652. The summed E-state index contributed by atoms with van der Waals surface area (Å²) in [6.07, 6.45) is 0. The summed E-state index contributed by atoms with van der Waals surface area (Å²) >= 11 is 0. The van der Waals surface area contributed by atoms with Crippen LogP contribution in [-0.4, -0.2) is 35.9 Å². The minimum absolute atomic E-state index is 0.0336. The Balaban J connectivity index is 2.52. The molecule has 1 amide bonds. The first kappa shape index (κ1) is 15.3. The molecule has 4 nitrogen and oxygen atoms in total. The van der Waals surface area contributed by atoms with Crippen LogP contribution >= 0.6 is 0 Å². The van der Waals surface area contributed by atoms with Gasteiger partial charge in [0, 0.05) is 25.5 Å². The molecule has 0 aliphatic carbocycles. The molecule has 0 aliphatic rings. The number of hydrogen-bond acceptors (Lipinski definition) is 3. The van der Waals surface area contributed by atoms with Crippen LogP contribution in [0, 0.1) is 5.92 Å². The fourth-order valence-electron chi connectivity index (χ4n) is 2.30. The number of benzene rings is 1. The van der Waals surface area contributed by atoms with E-state index in [1.165, 1.54) is 0 Å². The van der Waals surface area contributed by atoms with Crippen molar-refractivity contribution in [1.29, 1.82) is 0 Å². The van der Waals surface area contributed by atoms with E-state index in [4.69, 9.17) is 0 Å². The van der Waals surface area contributed by atoms with Crippen LogP contribution in [0.1, 0.15) is 31.1 Å². The number of aromatic nitrogens is 1. The molecule has 0 saturated carbocycles. The van der Waals surface area contributed by atoms with Crippen LogP contribution in [0.4, 0.5) is 5.82 Å². The van der Waals surface area contributed by atoms with Crippen molar-refractivity contribution >= 4 is 22.6 Å². The number of fused-ring (bicyclic) bond motifs is 1. The van der Waals surface area contributed by atoms with E-state index < -0.39 is 0 Å². The number of carbonyl (C=O) groups is 1. The topological polar surface area (TPSA) is 45.2 Å². The van der Waals surface area contributed by atoms with E-state index in [0.29, 0.717) is 17.3 Å². The summed E-state index contributed by atoms with van der Waals surface area (Å²) in [4.78, 5) is 19.1. The maximum atomic E-state index is 12.8. The molecule has 112 valence electrons. The van der Waals surface area contributed by atoms with Gasteiger partial charge in [0.1, 0.15) is 5.82 Å². The van der Waals surface area contributed by atoms with E-state index in [0.717, 1.165) is 10.9 Å². The number of anilines is 1. The van der Waals surface area contributed by atoms with Crippen LogP contribution in [0.5, 0.6) is 0 Å². The minimum atomic E-state index is 0.0336. The molecule has 1 aromatic carbocycles. The lowest BCUT2D eigenvalue weighted by atomic mass is 10.0. The molecule has 1 atom stereocenters. The van der Waals surface area contributed by atoms with Crippen LogP contribution < -0.4 is 5.32 Å². The van der Waals surface area contributed by atoms with E-state index in [9.17, 15) is 4.79 Å². The number of pyridine rings is 1. The quantitative estimate of drug-likeness (QED) is 0.936. The van der Waals surface area contributed by atoms with E-state index in [1.807, 2.05) is 49.3 Å². The summed E-state index contributed by atoms with van der Waals surface area (Å²) in [7, 11) is 3.67. The molecule has 0 spiro atoms. The lowest BCUT2D eigenvalue weighted by Crippen LogP contribution is -2.38. The second kappa shape index (κ2) is 6.12. The summed E-state index contributed by atoms with van der Waals surface area (Å²) in [5.74, 6) is 1.16. The van der Waals surface area contributed by atoms with Gasteiger partial charge in [-0.15, -0.1) is 0 Å². The van der Waals surface area contributed by atoms with Gasteiger partial charge in [0.25, 0.3) is 5.91 Å². The van der Waals surface area contributed by atoms with Crippen molar-refractivity contribution in [3.63, 3.8) is 0 Å². The summed E-state index contributed by atoms with van der Waals surface area (Å²) < 4.78 is 0. The third-order valence-corrected chi connectivity index (χ3v) is 4.10. The van der Waals surface area contributed by atoms with Crippen molar-refractivity contribution in [1.82, 2.24) is 9.88 Å². The van der Waals surface area contributed by atoms with Gasteiger partial charge in [-0.1, -0.05) is 32.0 Å². The van der Waals surface area contributed by atoms with Crippen LogP contribution in [-0.2, 0) is 0 Å². The standard InChI is InChI=1S/C17H23N3O/c1-11(2)12(3)20(5)17(21)14-10-16(18-4)19-15-9-7-6-8-13(14)15/h6-12H,1-5H3,(H,18,19). The van der Waals surface area contributed by atoms with Gasteiger partial charge in [-0.05, 0) is 25.0 Å². The van der Waals surface area contributed by atoms with Gasteiger partial charge in [-0.2, -0.15) is 0 Å². The lowest BCUT2D eigenvalue weighted by Gasteiger charge is -2.28. The summed E-state index contributed by atoms with van der Waals surface area (Å²) in [5, 5.41) is 3.92. The molecule has 0 radical (unpaired) electrons. The Kier molecular flexibility index (Phi) is 4.46. The Labute approximate surface area is 126 Å². The maximum absolute atomic E-state index is 12.8. The molecule has 4 heteroatoms. The van der Waals surface area contributed by atoms with Gasteiger partial charge in [-0.3, -0.25) is 4.79 Å². The van der Waals surface area contributed by atoms with Crippen molar-refractivity contribution in [3.05, 3.63) is 35.9 Å². The SMILES string of the molecule is CNc1cc(C(=O)N(C)C(C)C(C)C)c2ccccc2n1. The molecule has 2 aromatic rings. The van der Waals surface area contributed by atoms with Gasteiger partial charge >= 0.3 is 0 Å². The van der Waals surface area contributed by atoms with Gasteiger partial charge in [0.15, 0.2) is 0 Å². The fourth-order valence-corrected chi connectivity index (χ4v) is 2.30. The molecule has 2 rings (SSSR count). The van der Waals surface area contributed by atoms with Crippen LogP contribution in [0.3, 0.4) is 0 Å². The molecule has 1 unspecified atom stereocenters. The number of amides is 1. The molecule has 1 aromatic heterocycles. The van der Waals surface area contributed by atoms with Gasteiger partial charge in [-0.25, -0.2) is 4.98 Å². The van der Waals surface area contributed by atoms with E-state index in [2.05, 4.69) is 31.1 Å². The first-order chi connectivity index (χ1) is 9.95.